The van der Waals surface area contributed by atoms with Crippen LogP contribution in [-0.4, -0.2) is 43.8 Å². The Labute approximate surface area is 203 Å². The molecule has 1 heterocycles. The van der Waals surface area contributed by atoms with Crippen LogP contribution in [0.15, 0.2) is 72.8 Å². The molecule has 0 saturated heterocycles. The zero-order chi connectivity index (χ0) is 24.4. The topological polar surface area (TPSA) is 93.7 Å². The molecule has 0 fully saturated rings. The number of carbonyl (C=O) groups excluding carboxylic acids is 3. The van der Waals surface area contributed by atoms with Crippen molar-refractivity contribution >= 4 is 18.0 Å². The minimum Gasteiger partial charge on any atom is -0.467 e. The third-order valence-electron chi connectivity index (χ3n) is 6.72. The van der Waals surface area contributed by atoms with E-state index in [2.05, 4.69) is 22.8 Å². The summed E-state index contributed by atoms with van der Waals surface area (Å²) in [7, 11) is 1.28. The number of hydrogen-bond acceptors (Lipinski definition) is 5. The number of methoxy groups -OCH3 is 1. The Kier molecular flexibility index (Phi) is 6.23. The van der Waals surface area contributed by atoms with Crippen LogP contribution in [0.1, 0.15) is 28.2 Å². The summed E-state index contributed by atoms with van der Waals surface area (Å²) < 4.78 is 10.5. The highest BCUT2D eigenvalue weighted by atomic mass is 16.5. The van der Waals surface area contributed by atoms with E-state index in [1.54, 1.807) is 0 Å². The minimum atomic E-state index is -0.890. The number of amides is 2. The largest absolute Gasteiger partial charge is 0.467 e. The van der Waals surface area contributed by atoms with E-state index in [1.807, 2.05) is 60.7 Å². The van der Waals surface area contributed by atoms with Crippen LogP contribution in [0.2, 0.25) is 0 Å². The fraction of sp³-hybridized carbons (Fsp3) is 0.250. The molecule has 35 heavy (non-hydrogen) atoms. The lowest BCUT2D eigenvalue weighted by Crippen LogP contribution is -2.54. The summed E-state index contributed by atoms with van der Waals surface area (Å²) in [6.45, 7) is 0.148. The lowest BCUT2D eigenvalue weighted by atomic mass is 9.93. The van der Waals surface area contributed by atoms with Crippen LogP contribution >= 0.6 is 0 Å². The monoisotopic (exact) mass is 470 g/mol. The molecule has 178 valence electrons. The fourth-order valence-corrected chi connectivity index (χ4v) is 5.00. The van der Waals surface area contributed by atoms with E-state index in [-0.39, 0.29) is 12.5 Å². The van der Waals surface area contributed by atoms with Crippen molar-refractivity contribution in [3.05, 3.63) is 95.1 Å². The van der Waals surface area contributed by atoms with Gasteiger partial charge in [-0.25, -0.2) is 9.59 Å². The molecule has 3 aromatic carbocycles. The molecule has 0 unspecified atom stereocenters. The van der Waals surface area contributed by atoms with Crippen LogP contribution in [0, 0.1) is 0 Å². The van der Waals surface area contributed by atoms with E-state index in [1.165, 1.54) is 7.11 Å². The van der Waals surface area contributed by atoms with Crippen molar-refractivity contribution in [2.45, 2.75) is 30.8 Å². The van der Waals surface area contributed by atoms with Crippen LogP contribution in [0.4, 0.5) is 4.79 Å². The van der Waals surface area contributed by atoms with E-state index >= 15 is 0 Å². The van der Waals surface area contributed by atoms with Crippen molar-refractivity contribution < 1.29 is 23.9 Å². The highest BCUT2D eigenvalue weighted by molar-refractivity contribution is 5.90. The third kappa shape index (κ3) is 4.49. The Morgan fingerprint density at radius 1 is 0.886 bits per heavy atom. The van der Waals surface area contributed by atoms with E-state index < -0.39 is 30.1 Å². The summed E-state index contributed by atoms with van der Waals surface area (Å²) >= 11 is 0. The van der Waals surface area contributed by atoms with E-state index in [4.69, 9.17) is 9.47 Å². The Morgan fingerprint density at radius 3 is 2.09 bits per heavy atom. The Hall–Kier alpha value is -4.13. The predicted molar refractivity (Wildman–Crippen MR) is 130 cm³/mol. The molecule has 1 aliphatic heterocycles. The smallest absolute Gasteiger partial charge is 0.407 e. The number of carbonyl (C=O) groups is 3. The Morgan fingerprint density at radius 2 is 1.46 bits per heavy atom. The van der Waals surface area contributed by atoms with Crippen LogP contribution in [-0.2, 0) is 31.9 Å². The van der Waals surface area contributed by atoms with Gasteiger partial charge in [0.15, 0.2) is 0 Å². The molecule has 2 N–H and O–H groups in total. The van der Waals surface area contributed by atoms with E-state index in [0.717, 1.165) is 33.4 Å². The highest BCUT2D eigenvalue weighted by Crippen LogP contribution is 2.44. The molecule has 2 aliphatic rings. The second-order valence-corrected chi connectivity index (χ2v) is 8.78. The lowest BCUT2D eigenvalue weighted by Gasteiger charge is -2.27. The van der Waals surface area contributed by atoms with Gasteiger partial charge in [-0.15, -0.1) is 0 Å². The van der Waals surface area contributed by atoms with Gasteiger partial charge in [0.1, 0.15) is 18.7 Å². The van der Waals surface area contributed by atoms with Gasteiger partial charge in [0, 0.05) is 18.8 Å². The van der Waals surface area contributed by atoms with E-state index in [0.29, 0.717) is 12.8 Å². The Balaban J connectivity index is 1.31. The van der Waals surface area contributed by atoms with Crippen molar-refractivity contribution in [2.75, 3.05) is 13.7 Å². The standard InChI is InChI=1S/C28H26N2O5/c1-34-27(32)25-15-18-9-3-2-8-17(18)14-24(26(31)29-25)30-28(33)35-16-23-21-12-6-4-10-19(21)20-11-5-7-13-22(20)23/h2-13,23-25H,14-16H2,1H3,(H,29,31)(H,30,33)/t24-,25+/m0/s1. The molecule has 7 nitrogen and oxygen atoms in total. The summed E-state index contributed by atoms with van der Waals surface area (Å²) in [5, 5.41) is 5.41. The minimum absolute atomic E-state index is 0.0799. The van der Waals surface area contributed by atoms with Crippen molar-refractivity contribution in [1.82, 2.24) is 10.6 Å². The number of benzene rings is 3. The van der Waals surface area contributed by atoms with Gasteiger partial charge < -0.3 is 20.1 Å². The second-order valence-electron chi connectivity index (χ2n) is 8.78. The maximum atomic E-state index is 12.9. The normalized spacial score (nSPS) is 18.7. The number of hydrogen-bond donors (Lipinski definition) is 2. The number of fused-ring (bicyclic) bond motifs is 4. The quantitative estimate of drug-likeness (QED) is 0.571. The van der Waals surface area contributed by atoms with Crippen LogP contribution in [0.3, 0.4) is 0 Å². The van der Waals surface area contributed by atoms with Gasteiger partial charge in [-0.05, 0) is 33.4 Å². The summed E-state index contributed by atoms with van der Waals surface area (Å²) in [4.78, 5) is 38.0. The molecule has 0 spiro atoms. The van der Waals surface area contributed by atoms with Crippen molar-refractivity contribution in [2.24, 2.45) is 0 Å². The molecule has 0 aromatic heterocycles. The average Bonchev–Trinajstić information content (AvgIpc) is 3.20. The van der Waals surface area contributed by atoms with Crippen LogP contribution in [0.25, 0.3) is 11.1 Å². The zero-order valence-electron chi connectivity index (χ0n) is 19.3. The van der Waals surface area contributed by atoms with Gasteiger partial charge in [-0.1, -0.05) is 72.8 Å². The third-order valence-corrected chi connectivity index (χ3v) is 6.72. The molecule has 1 aliphatic carbocycles. The number of rotatable bonds is 4. The summed E-state index contributed by atoms with van der Waals surface area (Å²) in [6, 6.07) is 22.0. The van der Waals surface area contributed by atoms with Crippen molar-refractivity contribution in [3.63, 3.8) is 0 Å². The summed E-state index contributed by atoms with van der Waals surface area (Å²) in [5.74, 6) is -1.07. The summed E-state index contributed by atoms with van der Waals surface area (Å²) in [6.07, 6.45) is -0.0634. The number of ether oxygens (including phenoxy) is 2. The van der Waals surface area contributed by atoms with Gasteiger partial charge in [0.25, 0.3) is 0 Å². The molecule has 0 radical (unpaired) electrons. The summed E-state index contributed by atoms with van der Waals surface area (Å²) in [5.41, 5.74) is 6.31. The molecule has 5 rings (SSSR count). The number of nitrogens with one attached hydrogen (secondary N) is 2. The van der Waals surface area contributed by atoms with Gasteiger partial charge in [0.2, 0.25) is 5.91 Å². The zero-order valence-corrected chi connectivity index (χ0v) is 19.3. The SMILES string of the molecule is COC(=O)[C@H]1Cc2ccccc2C[C@H](NC(=O)OCC2c3ccccc3-c3ccccc32)C(=O)N1. The predicted octanol–water partition coefficient (Wildman–Crippen LogP) is 3.35. The molecular weight excluding hydrogens is 444 g/mol. The first-order chi connectivity index (χ1) is 17.0. The molecule has 3 aromatic rings. The maximum Gasteiger partial charge on any atom is 0.407 e. The van der Waals surface area contributed by atoms with Crippen LogP contribution in [0.5, 0.6) is 0 Å². The van der Waals surface area contributed by atoms with Gasteiger partial charge in [0.05, 0.1) is 7.11 Å². The maximum absolute atomic E-state index is 12.9. The number of esters is 1. The molecular formula is C28H26N2O5. The molecule has 0 saturated carbocycles. The first kappa shape index (κ1) is 22.7. The molecule has 2 atom stereocenters. The Bertz CT molecular complexity index is 1240. The first-order valence-electron chi connectivity index (χ1n) is 11.6. The molecule has 2 amide bonds. The molecule has 0 bridgehead atoms. The van der Waals surface area contributed by atoms with E-state index in [9.17, 15) is 14.4 Å². The molecule has 7 heteroatoms. The fourth-order valence-electron chi connectivity index (χ4n) is 5.00. The van der Waals surface area contributed by atoms with Gasteiger partial charge >= 0.3 is 12.1 Å². The van der Waals surface area contributed by atoms with Crippen LogP contribution < -0.4 is 10.6 Å². The van der Waals surface area contributed by atoms with Gasteiger partial charge in [-0.3, -0.25) is 4.79 Å². The first-order valence-corrected chi connectivity index (χ1v) is 11.6. The highest BCUT2D eigenvalue weighted by Gasteiger charge is 2.33. The van der Waals surface area contributed by atoms with Crippen molar-refractivity contribution in [3.8, 4) is 11.1 Å². The number of alkyl carbamates (subject to hydrolysis) is 1. The van der Waals surface area contributed by atoms with Crippen molar-refractivity contribution in [1.29, 1.82) is 0 Å². The lowest BCUT2D eigenvalue weighted by molar-refractivity contribution is -0.145. The average molecular weight is 471 g/mol. The second kappa shape index (κ2) is 9.62. The van der Waals surface area contributed by atoms with Gasteiger partial charge in [-0.2, -0.15) is 0 Å².